The molecule has 1 aliphatic carbocycles. The molecule has 0 spiro atoms. The Bertz CT molecular complexity index is 1370. The van der Waals surface area contributed by atoms with Crippen LogP contribution < -0.4 is 4.74 Å². The van der Waals surface area contributed by atoms with E-state index in [1.807, 2.05) is 12.2 Å². The molecule has 0 aliphatic heterocycles. The van der Waals surface area contributed by atoms with Crippen molar-refractivity contribution < 1.29 is 54.6 Å². The van der Waals surface area contributed by atoms with Crippen molar-refractivity contribution in [3.05, 3.63) is 65.0 Å². The molecule has 0 N–H and O–H groups in total. The van der Waals surface area contributed by atoms with E-state index in [4.69, 9.17) is 0 Å². The summed E-state index contributed by atoms with van der Waals surface area (Å²) in [5.41, 5.74) is 0. The Labute approximate surface area is 224 Å². The fourth-order valence-corrected chi connectivity index (χ4v) is 4.55. The number of carbonyl (C=O) groups excluding carboxylic acids is 3. The Kier molecular flexibility index (Phi) is 10.5. The molecule has 0 radical (unpaired) electrons. The first kappa shape index (κ1) is 30.8. The second kappa shape index (κ2) is 13.6. The monoisotopic (exact) mass is 574 g/mol. The molecule has 0 bridgehead atoms. The molecule has 12 heteroatoms. The Morgan fingerprint density at radius 3 is 2.10 bits per heavy atom. The molecule has 1 saturated carbocycles. The zero-order chi connectivity index (χ0) is 29.6. The lowest BCUT2D eigenvalue weighted by atomic mass is 9.90. The van der Waals surface area contributed by atoms with E-state index in [1.54, 1.807) is 0 Å². The highest BCUT2D eigenvalue weighted by Gasteiger charge is 2.33. The van der Waals surface area contributed by atoms with Crippen molar-refractivity contribution in [2.24, 2.45) is 11.8 Å². The second-order valence-corrected chi connectivity index (χ2v) is 9.18. The highest BCUT2D eigenvalue weighted by atomic mass is 19.2. The van der Waals surface area contributed by atoms with Crippen LogP contribution in [0.4, 0.5) is 30.7 Å². The van der Waals surface area contributed by atoms with Gasteiger partial charge in [0, 0.05) is 18.8 Å². The molecule has 40 heavy (non-hydrogen) atoms. The number of allylic oxidation sites excluding steroid dienone is 3. The summed E-state index contributed by atoms with van der Waals surface area (Å²) in [4.78, 5) is 35.6. The van der Waals surface area contributed by atoms with Gasteiger partial charge in [-0.2, -0.15) is 4.39 Å². The number of ketones is 2. The fraction of sp³-hybridized carbons (Fsp3) is 0.393. The zero-order valence-electron chi connectivity index (χ0n) is 21.3. The number of Topliss-reactive ketones (excluding diaryl/α,β-unsaturated/α-hetero) is 1. The summed E-state index contributed by atoms with van der Waals surface area (Å²) < 4.78 is 108. The van der Waals surface area contributed by atoms with E-state index in [0.29, 0.717) is 38.5 Å². The Morgan fingerprint density at radius 2 is 1.45 bits per heavy atom. The number of hydrogen-bond acceptors (Lipinski definition) is 5. The summed E-state index contributed by atoms with van der Waals surface area (Å²) in [6.07, 6.45) is 9.73. The van der Waals surface area contributed by atoms with Crippen molar-refractivity contribution in [2.75, 3.05) is 13.7 Å². The molecule has 1 fully saturated rings. The van der Waals surface area contributed by atoms with Crippen molar-refractivity contribution in [3.8, 4) is 5.75 Å². The molecule has 0 amide bonds. The predicted molar refractivity (Wildman–Crippen MR) is 129 cm³/mol. The van der Waals surface area contributed by atoms with Gasteiger partial charge in [0.15, 0.2) is 53.0 Å². The maximum absolute atomic E-state index is 14.7. The minimum Gasteiger partial charge on any atom is -0.479 e. The molecule has 0 unspecified atom stereocenters. The number of halogens is 7. The first-order chi connectivity index (χ1) is 19.0. The van der Waals surface area contributed by atoms with E-state index in [2.05, 4.69) is 9.47 Å². The summed E-state index contributed by atoms with van der Waals surface area (Å²) in [6.45, 7) is -1.05. The van der Waals surface area contributed by atoms with Crippen LogP contribution in [-0.2, 0) is 19.1 Å². The largest absolute Gasteiger partial charge is 0.479 e. The number of hydrogen-bond donors (Lipinski definition) is 0. The second-order valence-electron chi connectivity index (χ2n) is 9.18. The number of ether oxygens (including phenoxy) is 2. The quantitative estimate of drug-likeness (QED) is 0.0544. The minimum absolute atomic E-state index is 0.0294. The SMILES string of the molecule is COC(=O)CC/C=C\CCC[C@H]1C(=O)CC[C@@H]1/C=C/C(=O)COc1c(F)c(F)c2c(F)c(F)c(F)c(F)c2c1F. The smallest absolute Gasteiger partial charge is 0.305 e. The number of esters is 1. The average Bonchev–Trinajstić information content (AvgIpc) is 3.29. The van der Waals surface area contributed by atoms with Gasteiger partial charge in [0.05, 0.1) is 17.9 Å². The fourth-order valence-electron chi connectivity index (χ4n) is 4.55. The van der Waals surface area contributed by atoms with E-state index in [1.165, 1.54) is 13.2 Å². The number of carbonyl (C=O) groups is 3. The molecule has 2 aromatic carbocycles. The molecule has 5 nitrogen and oxygen atoms in total. The lowest BCUT2D eigenvalue weighted by Gasteiger charge is -2.14. The van der Waals surface area contributed by atoms with Crippen LogP contribution in [0.5, 0.6) is 5.75 Å². The average molecular weight is 574 g/mol. The van der Waals surface area contributed by atoms with Crippen molar-refractivity contribution in [3.63, 3.8) is 0 Å². The molecule has 3 rings (SSSR count). The standard InChI is InChI=1S/C28H25F7O5/c1-39-18(38)8-6-4-2-3-5-7-16-14(10-12-17(16)37)9-11-15(36)13-40-28-24(32)20-19(23(31)27(28)35)21(29)25(33)26(34)22(20)30/h2,4,9,11,14,16H,3,5-8,10,12-13H2,1H3/b4-2-,11-9+/t14-,16+/m0/s1. The first-order valence-corrected chi connectivity index (χ1v) is 12.4. The Balaban J connectivity index is 1.62. The zero-order valence-corrected chi connectivity index (χ0v) is 21.3. The molecular weight excluding hydrogens is 549 g/mol. The third-order valence-electron chi connectivity index (χ3n) is 6.64. The van der Waals surface area contributed by atoms with Crippen LogP contribution in [0, 0.1) is 52.6 Å². The summed E-state index contributed by atoms with van der Waals surface area (Å²) in [5, 5.41) is -3.49. The van der Waals surface area contributed by atoms with Gasteiger partial charge in [-0.25, -0.2) is 26.3 Å². The van der Waals surface area contributed by atoms with Crippen LogP contribution in [0.3, 0.4) is 0 Å². The van der Waals surface area contributed by atoms with E-state index in [9.17, 15) is 45.1 Å². The van der Waals surface area contributed by atoms with Gasteiger partial charge < -0.3 is 9.47 Å². The molecule has 0 saturated heterocycles. The first-order valence-electron chi connectivity index (χ1n) is 12.4. The normalized spacial score (nSPS) is 17.4. The highest BCUT2D eigenvalue weighted by molar-refractivity contribution is 5.92. The highest BCUT2D eigenvalue weighted by Crippen LogP contribution is 2.38. The van der Waals surface area contributed by atoms with E-state index in [-0.39, 0.29) is 30.0 Å². The third kappa shape index (κ3) is 6.71. The van der Waals surface area contributed by atoms with Crippen molar-refractivity contribution in [2.45, 2.75) is 44.9 Å². The van der Waals surface area contributed by atoms with Crippen molar-refractivity contribution in [1.82, 2.24) is 0 Å². The van der Waals surface area contributed by atoms with Gasteiger partial charge in [0.25, 0.3) is 0 Å². The van der Waals surface area contributed by atoms with Crippen LogP contribution >= 0.6 is 0 Å². The maximum Gasteiger partial charge on any atom is 0.305 e. The molecular formula is C28H25F7O5. The minimum atomic E-state index is -2.45. The number of fused-ring (bicyclic) bond motifs is 1. The Morgan fingerprint density at radius 1 is 0.850 bits per heavy atom. The summed E-state index contributed by atoms with van der Waals surface area (Å²) >= 11 is 0. The van der Waals surface area contributed by atoms with Crippen LogP contribution in [0.1, 0.15) is 44.9 Å². The summed E-state index contributed by atoms with van der Waals surface area (Å²) in [7, 11) is 1.31. The third-order valence-corrected chi connectivity index (χ3v) is 6.64. The Hall–Kier alpha value is -3.70. The lowest BCUT2D eigenvalue weighted by molar-refractivity contribution is -0.140. The van der Waals surface area contributed by atoms with E-state index >= 15 is 0 Å². The van der Waals surface area contributed by atoms with Gasteiger partial charge in [0.1, 0.15) is 5.78 Å². The number of unbranched alkanes of at least 4 members (excludes halogenated alkanes) is 1. The number of methoxy groups -OCH3 is 1. The van der Waals surface area contributed by atoms with Crippen LogP contribution in [0.2, 0.25) is 0 Å². The molecule has 2 aromatic rings. The van der Waals surface area contributed by atoms with Crippen molar-refractivity contribution >= 4 is 28.3 Å². The number of benzene rings is 2. The predicted octanol–water partition coefficient (Wildman–Crippen LogP) is 6.59. The van der Waals surface area contributed by atoms with Gasteiger partial charge in [-0.15, -0.1) is 0 Å². The van der Waals surface area contributed by atoms with E-state index in [0.717, 1.165) is 6.08 Å². The number of rotatable bonds is 12. The van der Waals surface area contributed by atoms with Gasteiger partial charge >= 0.3 is 5.97 Å². The molecule has 0 aromatic heterocycles. The summed E-state index contributed by atoms with van der Waals surface area (Å²) in [5.74, 6) is -19.3. The van der Waals surface area contributed by atoms with Gasteiger partial charge in [-0.1, -0.05) is 18.2 Å². The van der Waals surface area contributed by atoms with Crippen LogP contribution in [-0.4, -0.2) is 31.3 Å². The molecule has 2 atom stereocenters. The maximum atomic E-state index is 14.7. The lowest BCUT2D eigenvalue weighted by Crippen LogP contribution is -2.15. The molecule has 1 aliphatic rings. The van der Waals surface area contributed by atoms with Gasteiger partial charge in [-0.05, 0) is 44.1 Å². The van der Waals surface area contributed by atoms with Gasteiger partial charge in [-0.3, -0.25) is 14.4 Å². The topological polar surface area (TPSA) is 69.7 Å². The van der Waals surface area contributed by atoms with Crippen LogP contribution in [0.15, 0.2) is 24.3 Å². The summed E-state index contributed by atoms with van der Waals surface area (Å²) in [6, 6.07) is 0. The molecule has 216 valence electrons. The van der Waals surface area contributed by atoms with Crippen molar-refractivity contribution in [1.29, 1.82) is 0 Å². The van der Waals surface area contributed by atoms with Gasteiger partial charge in [0.2, 0.25) is 5.82 Å². The van der Waals surface area contributed by atoms with E-state index < -0.39 is 69.6 Å². The van der Waals surface area contributed by atoms with Crippen LogP contribution in [0.25, 0.3) is 10.8 Å². The molecule has 0 heterocycles.